The zero-order valence-electron chi connectivity index (χ0n) is 11.0. The maximum Gasteiger partial charge on any atom is 0.131 e. The molecule has 0 aliphatic rings. The van der Waals surface area contributed by atoms with Crippen molar-refractivity contribution in [3.8, 4) is 11.3 Å². The second-order valence-corrected chi connectivity index (χ2v) is 5.21. The van der Waals surface area contributed by atoms with Crippen LogP contribution in [0.25, 0.3) is 11.3 Å². The fraction of sp³-hybridized carbons (Fsp3) is 0.357. The summed E-state index contributed by atoms with van der Waals surface area (Å²) >= 11 is 0. The maximum absolute atomic E-state index is 6.02. The van der Waals surface area contributed by atoms with Gasteiger partial charge in [0.2, 0.25) is 0 Å². The third kappa shape index (κ3) is 3.34. The zero-order chi connectivity index (χ0) is 13.2. The molecule has 94 valence electrons. The number of pyridine rings is 1. The Kier molecular flexibility index (Phi) is 3.39. The second-order valence-electron chi connectivity index (χ2n) is 5.21. The second kappa shape index (κ2) is 4.82. The van der Waals surface area contributed by atoms with Gasteiger partial charge in [0.05, 0.1) is 5.69 Å². The molecule has 4 nitrogen and oxygen atoms in total. The number of aryl methyl sites for hydroxylation is 1. The van der Waals surface area contributed by atoms with E-state index in [1.807, 2.05) is 39.0 Å². The molecule has 0 atom stereocenters. The van der Waals surface area contributed by atoms with Crippen LogP contribution in [0.1, 0.15) is 25.4 Å². The van der Waals surface area contributed by atoms with Gasteiger partial charge in [0.15, 0.2) is 0 Å². The van der Waals surface area contributed by atoms with Gasteiger partial charge in [-0.1, -0.05) is 0 Å². The van der Waals surface area contributed by atoms with Gasteiger partial charge in [-0.3, -0.25) is 4.98 Å². The van der Waals surface area contributed by atoms with Crippen molar-refractivity contribution >= 4 is 0 Å². The smallest absolute Gasteiger partial charge is 0.131 e. The molecular weight excluding hydrogens is 224 g/mol. The zero-order valence-corrected chi connectivity index (χ0v) is 11.0. The number of hydrogen-bond acceptors (Lipinski definition) is 4. The Balaban J connectivity index is 2.39. The van der Waals surface area contributed by atoms with E-state index in [0.29, 0.717) is 6.42 Å². The normalized spacial score (nSPS) is 11.6. The molecule has 18 heavy (non-hydrogen) atoms. The van der Waals surface area contributed by atoms with Crippen molar-refractivity contribution in [2.24, 2.45) is 5.73 Å². The first-order valence-electron chi connectivity index (χ1n) is 5.98. The summed E-state index contributed by atoms with van der Waals surface area (Å²) in [4.78, 5) is 13.0. The highest BCUT2D eigenvalue weighted by atomic mass is 14.9. The van der Waals surface area contributed by atoms with Gasteiger partial charge in [-0.15, -0.1) is 0 Å². The number of rotatable bonds is 3. The largest absolute Gasteiger partial charge is 0.325 e. The average molecular weight is 242 g/mol. The van der Waals surface area contributed by atoms with E-state index in [2.05, 4.69) is 15.0 Å². The minimum absolute atomic E-state index is 0.302. The minimum atomic E-state index is -0.302. The van der Waals surface area contributed by atoms with Gasteiger partial charge in [-0.25, -0.2) is 9.97 Å². The lowest BCUT2D eigenvalue weighted by Gasteiger charge is -2.17. The van der Waals surface area contributed by atoms with Crippen molar-refractivity contribution in [1.82, 2.24) is 15.0 Å². The van der Waals surface area contributed by atoms with Crippen LogP contribution in [0.2, 0.25) is 0 Å². The van der Waals surface area contributed by atoms with Gasteiger partial charge >= 0.3 is 0 Å². The van der Waals surface area contributed by atoms with E-state index in [0.717, 1.165) is 22.8 Å². The molecule has 0 aliphatic heterocycles. The molecule has 0 aliphatic carbocycles. The molecular formula is C14H18N4. The Morgan fingerprint density at radius 3 is 2.44 bits per heavy atom. The average Bonchev–Trinajstić information content (AvgIpc) is 2.27. The van der Waals surface area contributed by atoms with Crippen molar-refractivity contribution in [3.05, 3.63) is 42.1 Å². The quantitative estimate of drug-likeness (QED) is 0.895. The first kappa shape index (κ1) is 12.6. The summed E-state index contributed by atoms with van der Waals surface area (Å²) in [7, 11) is 0. The van der Waals surface area contributed by atoms with E-state index < -0.39 is 0 Å². The summed E-state index contributed by atoms with van der Waals surface area (Å²) < 4.78 is 0. The molecule has 0 unspecified atom stereocenters. The molecule has 2 rings (SSSR count). The number of nitrogens with two attached hydrogens (primary N) is 1. The maximum atomic E-state index is 6.02. The Morgan fingerprint density at radius 1 is 1.17 bits per heavy atom. The van der Waals surface area contributed by atoms with E-state index in [-0.39, 0.29) is 5.54 Å². The van der Waals surface area contributed by atoms with Gasteiger partial charge in [-0.2, -0.15) is 0 Å². The molecule has 2 aromatic heterocycles. The molecule has 2 N–H and O–H groups in total. The molecule has 0 aromatic carbocycles. The van der Waals surface area contributed by atoms with Crippen LogP contribution in [0.3, 0.4) is 0 Å². The van der Waals surface area contributed by atoms with Crippen molar-refractivity contribution in [2.45, 2.75) is 32.7 Å². The van der Waals surface area contributed by atoms with Crippen molar-refractivity contribution < 1.29 is 0 Å². The van der Waals surface area contributed by atoms with Crippen LogP contribution in [-0.2, 0) is 6.42 Å². The Morgan fingerprint density at radius 2 is 1.83 bits per heavy atom. The third-order valence-corrected chi connectivity index (χ3v) is 2.49. The summed E-state index contributed by atoms with van der Waals surface area (Å²) in [6, 6.07) is 5.86. The molecule has 4 heteroatoms. The van der Waals surface area contributed by atoms with Crippen molar-refractivity contribution in [1.29, 1.82) is 0 Å². The van der Waals surface area contributed by atoms with Gasteiger partial charge in [0, 0.05) is 35.6 Å². The van der Waals surface area contributed by atoms with E-state index in [1.54, 1.807) is 12.4 Å². The Labute approximate surface area is 107 Å². The molecule has 2 heterocycles. The first-order valence-corrected chi connectivity index (χ1v) is 5.98. The standard InChI is InChI=1S/C14H18N4/c1-10-8-12(11-4-6-16-7-5-11)18-13(17-10)9-14(2,3)15/h4-8H,9,15H2,1-3H3. The number of hydrogen-bond donors (Lipinski definition) is 1. The lowest BCUT2D eigenvalue weighted by Crippen LogP contribution is -2.35. The Bertz CT molecular complexity index is 529. The fourth-order valence-corrected chi connectivity index (χ4v) is 1.79. The van der Waals surface area contributed by atoms with Crippen molar-refractivity contribution in [3.63, 3.8) is 0 Å². The summed E-state index contributed by atoms with van der Waals surface area (Å²) in [6.07, 6.45) is 4.19. The molecule has 2 aromatic rings. The highest BCUT2D eigenvalue weighted by Crippen LogP contribution is 2.17. The lowest BCUT2D eigenvalue weighted by molar-refractivity contribution is 0.502. The van der Waals surface area contributed by atoms with Gasteiger partial charge in [-0.05, 0) is 39.0 Å². The van der Waals surface area contributed by atoms with Gasteiger partial charge in [0.25, 0.3) is 0 Å². The monoisotopic (exact) mass is 242 g/mol. The highest BCUT2D eigenvalue weighted by molar-refractivity contribution is 5.58. The summed E-state index contributed by atoms with van der Waals surface area (Å²) in [5.41, 5.74) is 8.64. The van der Waals surface area contributed by atoms with E-state index in [1.165, 1.54) is 0 Å². The summed E-state index contributed by atoms with van der Waals surface area (Å²) in [5, 5.41) is 0. The van der Waals surface area contributed by atoms with Gasteiger partial charge < -0.3 is 5.73 Å². The van der Waals surface area contributed by atoms with Crippen LogP contribution in [0, 0.1) is 6.92 Å². The summed E-state index contributed by atoms with van der Waals surface area (Å²) in [6.45, 7) is 5.93. The SMILES string of the molecule is Cc1cc(-c2ccncc2)nc(CC(C)(C)N)n1. The van der Waals surface area contributed by atoms with Crippen LogP contribution < -0.4 is 5.73 Å². The molecule has 0 radical (unpaired) electrons. The van der Waals surface area contributed by atoms with Crippen LogP contribution >= 0.6 is 0 Å². The molecule has 0 amide bonds. The molecule has 0 bridgehead atoms. The van der Waals surface area contributed by atoms with Crippen LogP contribution in [0.5, 0.6) is 0 Å². The van der Waals surface area contributed by atoms with Crippen LogP contribution in [0.15, 0.2) is 30.6 Å². The van der Waals surface area contributed by atoms with Gasteiger partial charge in [0.1, 0.15) is 5.82 Å². The summed E-state index contributed by atoms with van der Waals surface area (Å²) in [5.74, 6) is 0.786. The number of aromatic nitrogens is 3. The molecule has 0 spiro atoms. The van der Waals surface area contributed by atoms with Crippen LogP contribution in [-0.4, -0.2) is 20.5 Å². The number of nitrogens with zero attached hydrogens (tertiary/aromatic N) is 3. The minimum Gasteiger partial charge on any atom is -0.325 e. The topological polar surface area (TPSA) is 64.7 Å². The molecule has 0 saturated heterocycles. The van der Waals surface area contributed by atoms with E-state index in [4.69, 9.17) is 5.73 Å². The third-order valence-electron chi connectivity index (χ3n) is 2.49. The Hall–Kier alpha value is -1.81. The predicted octanol–water partition coefficient (Wildman–Crippen LogP) is 2.13. The van der Waals surface area contributed by atoms with E-state index in [9.17, 15) is 0 Å². The van der Waals surface area contributed by atoms with Crippen molar-refractivity contribution in [2.75, 3.05) is 0 Å². The molecule has 0 fully saturated rings. The fourth-order valence-electron chi connectivity index (χ4n) is 1.79. The molecule has 0 saturated carbocycles. The van der Waals surface area contributed by atoms with Crippen LogP contribution in [0.4, 0.5) is 0 Å². The predicted molar refractivity (Wildman–Crippen MR) is 72.0 cm³/mol. The lowest BCUT2D eigenvalue weighted by atomic mass is 10.0. The highest BCUT2D eigenvalue weighted by Gasteiger charge is 2.15. The van der Waals surface area contributed by atoms with E-state index >= 15 is 0 Å². The first-order chi connectivity index (χ1) is 8.44.